The fraction of sp³-hybridized carbons (Fsp3) is 0.545. The summed E-state index contributed by atoms with van der Waals surface area (Å²) in [7, 11) is 0. The Morgan fingerprint density at radius 3 is 2.65 bits per heavy atom. The number of aliphatic hydroxyl groups excluding tert-OH is 1. The van der Waals surface area contributed by atoms with Crippen molar-refractivity contribution in [2.45, 2.75) is 57.9 Å². The molecule has 1 aliphatic carbocycles. The molecule has 1 saturated carbocycles. The van der Waals surface area contributed by atoms with Gasteiger partial charge in [0, 0.05) is 24.7 Å². The van der Waals surface area contributed by atoms with Gasteiger partial charge >= 0.3 is 0 Å². The molecule has 1 unspecified atom stereocenters. The summed E-state index contributed by atoms with van der Waals surface area (Å²) in [6, 6.07) is 8.54. The molecule has 3 aliphatic rings. The molecule has 31 heavy (non-hydrogen) atoms. The molecule has 9 nitrogen and oxygen atoms in total. The number of carbonyl (C=O) groups is 1. The number of nitrogens with one attached hydrogen (secondary N) is 1. The molecule has 1 spiro atoms. The third-order valence-electron chi connectivity index (χ3n) is 7.10. The number of aromatic nitrogens is 4. The molecule has 1 aromatic heterocycles. The lowest BCUT2D eigenvalue weighted by molar-refractivity contribution is -0.136. The first-order chi connectivity index (χ1) is 15.1. The number of hydrogen-bond acceptors (Lipinski definition) is 7. The molecule has 0 radical (unpaired) electrons. The van der Waals surface area contributed by atoms with Crippen molar-refractivity contribution >= 4 is 5.91 Å². The van der Waals surface area contributed by atoms with Crippen molar-refractivity contribution in [1.82, 2.24) is 30.4 Å². The fourth-order valence-corrected chi connectivity index (χ4v) is 5.04. The maximum absolute atomic E-state index is 13.3. The predicted octanol–water partition coefficient (Wildman–Crippen LogP) is 1.54. The number of benzene rings is 1. The second-order valence-corrected chi connectivity index (χ2v) is 8.83. The number of aliphatic hydroxyl groups is 1. The van der Waals surface area contributed by atoms with E-state index in [4.69, 9.17) is 4.74 Å². The van der Waals surface area contributed by atoms with Crippen LogP contribution in [0.3, 0.4) is 0 Å². The van der Waals surface area contributed by atoms with E-state index in [1.165, 1.54) is 16.7 Å². The van der Waals surface area contributed by atoms with E-state index in [1.54, 1.807) is 0 Å². The summed E-state index contributed by atoms with van der Waals surface area (Å²) in [5.41, 5.74) is 3.47. The van der Waals surface area contributed by atoms with Crippen LogP contribution >= 0.6 is 0 Å². The topological polar surface area (TPSA) is 105 Å². The van der Waals surface area contributed by atoms with Crippen LogP contribution in [0.4, 0.5) is 0 Å². The van der Waals surface area contributed by atoms with E-state index in [0.29, 0.717) is 12.6 Å². The largest absolute Gasteiger partial charge is 0.364 e. The van der Waals surface area contributed by atoms with Gasteiger partial charge in [0.05, 0.1) is 23.4 Å². The van der Waals surface area contributed by atoms with Gasteiger partial charge in [0.25, 0.3) is 0 Å². The molecular formula is C22H28N6O3. The van der Waals surface area contributed by atoms with Crippen LogP contribution in [0.1, 0.15) is 44.6 Å². The summed E-state index contributed by atoms with van der Waals surface area (Å²) < 4.78 is 5.30. The van der Waals surface area contributed by atoms with Gasteiger partial charge < -0.3 is 20.1 Å². The maximum Gasteiger partial charge on any atom is 0.233 e. The molecule has 1 amide bonds. The lowest BCUT2D eigenvalue weighted by Crippen LogP contribution is -2.42. The van der Waals surface area contributed by atoms with Gasteiger partial charge in [-0.25, -0.2) is 0 Å². The molecule has 2 aromatic rings. The molecule has 2 fully saturated rings. The van der Waals surface area contributed by atoms with E-state index in [9.17, 15) is 9.90 Å². The van der Waals surface area contributed by atoms with Crippen LogP contribution in [0.5, 0.6) is 0 Å². The third kappa shape index (κ3) is 3.77. The molecule has 1 atom stereocenters. The first-order valence-electron chi connectivity index (χ1n) is 10.9. The number of hydrogen-bond donors (Lipinski definition) is 2. The molecule has 1 aromatic carbocycles. The van der Waals surface area contributed by atoms with Gasteiger partial charge in [0.2, 0.25) is 5.91 Å². The molecule has 0 bridgehead atoms. The molecule has 5 rings (SSSR count). The maximum atomic E-state index is 13.3. The van der Waals surface area contributed by atoms with Gasteiger partial charge in [0.15, 0.2) is 12.6 Å². The fourth-order valence-electron chi connectivity index (χ4n) is 5.04. The van der Waals surface area contributed by atoms with Crippen molar-refractivity contribution in [2.24, 2.45) is 5.41 Å². The lowest BCUT2D eigenvalue weighted by Gasteiger charge is -2.36. The number of nitrogens with zero attached hydrogens (tertiary/aromatic N) is 5. The van der Waals surface area contributed by atoms with Crippen LogP contribution in [-0.4, -0.2) is 61.6 Å². The van der Waals surface area contributed by atoms with Crippen molar-refractivity contribution in [3.8, 4) is 5.69 Å². The molecular weight excluding hydrogens is 396 g/mol. The summed E-state index contributed by atoms with van der Waals surface area (Å²) in [5, 5.41) is 25.2. The van der Waals surface area contributed by atoms with Crippen LogP contribution < -0.4 is 5.32 Å². The van der Waals surface area contributed by atoms with Gasteiger partial charge in [-0.15, -0.1) is 15.0 Å². The Morgan fingerprint density at radius 2 is 2.00 bits per heavy atom. The van der Waals surface area contributed by atoms with Gasteiger partial charge in [-0.05, 0) is 61.9 Å². The Labute approximate surface area is 181 Å². The minimum absolute atomic E-state index is 0.218. The van der Waals surface area contributed by atoms with Crippen LogP contribution in [0.2, 0.25) is 0 Å². The SMILES string of the molecule is CC1=C(N2CC[C@]3(CC[C@@H](NCc4ccc(-n5ncnn5)cc4)CC3)C2=O)COC1O. The average molecular weight is 425 g/mol. The molecule has 2 N–H and O–H groups in total. The van der Waals surface area contributed by atoms with Crippen LogP contribution in [0.25, 0.3) is 5.69 Å². The molecule has 1 saturated heterocycles. The van der Waals surface area contributed by atoms with Crippen LogP contribution in [-0.2, 0) is 16.1 Å². The van der Waals surface area contributed by atoms with Gasteiger partial charge in [-0.3, -0.25) is 4.79 Å². The van der Waals surface area contributed by atoms with Crippen molar-refractivity contribution in [1.29, 1.82) is 0 Å². The Balaban J connectivity index is 1.14. The summed E-state index contributed by atoms with van der Waals surface area (Å²) in [4.78, 5) is 16.6. The standard InChI is InChI=1S/C22H28N6O3/c1-15-19(13-31-20(15)29)27-11-10-22(21(27)30)8-6-17(7-9-22)23-12-16-2-4-18(5-3-16)28-25-14-24-26-28/h2-5,14,17,20,23,29H,6-13H2,1H3/t17-,20?,22-. The smallest absolute Gasteiger partial charge is 0.233 e. The first kappa shape index (κ1) is 20.3. The van der Waals surface area contributed by atoms with Crippen molar-refractivity contribution in [3.63, 3.8) is 0 Å². The highest BCUT2D eigenvalue weighted by Crippen LogP contribution is 2.46. The summed E-state index contributed by atoms with van der Waals surface area (Å²) in [6.07, 6.45) is 5.25. The van der Waals surface area contributed by atoms with Crippen molar-refractivity contribution < 1.29 is 14.6 Å². The predicted molar refractivity (Wildman–Crippen MR) is 112 cm³/mol. The number of carbonyl (C=O) groups excluding carboxylic acids is 1. The summed E-state index contributed by atoms with van der Waals surface area (Å²) >= 11 is 0. The highest BCUT2D eigenvalue weighted by Gasteiger charge is 2.49. The Hall–Kier alpha value is -2.62. The normalized spacial score (nSPS) is 28.8. The summed E-state index contributed by atoms with van der Waals surface area (Å²) in [6.45, 7) is 3.70. The molecule has 9 heteroatoms. The number of amides is 1. The zero-order valence-corrected chi connectivity index (χ0v) is 17.7. The third-order valence-corrected chi connectivity index (χ3v) is 7.10. The summed E-state index contributed by atoms with van der Waals surface area (Å²) in [5.74, 6) is 0.218. The van der Waals surface area contributed by atoms with Crippen LogP contribution in [0.15, 0.2) is 41.9 Å². The van der Waals surface area contributed by atoms with Crippen molar-refractivity contribution in [3.05, 3.63) is 47.4 Å². The van der Waals surface area contributed by atoms with E-state index in [1.807, 2.05) is 24.0 Å². The van der Waals surface area contributed by atoms with Crippen molar-refractivity contribution in [2.75, 3.05) is 13.2 Å². The number of likely N-dealkylation sites (tertiary alicyclic amines) is 1. The zero-order valence-electron chi connectivity index (χ0n) is 17.7. The lowest BCUT2D eigenvalue weighted by atomic mass is 9.71. The number of ether oxygens (including phenoxy) is 1. The Kier molecular flexibility index (Phi) is 5.33. The minimum atomic E-state index is -0.874. The van der Waals surface area contributed by atoms with E-state index < -0.39 is 6.29 Å². The number of rotatable bonds is 5. The second-order valence-electron chi connectivity index (χ2n) is 8.83. The van der Waals surface area contributed by atoms with Gasteiger partial charge in [0.1, 0.15) is 0 Å². The molecule has 164 valence electrons. The second kappa shape index (κ2) is 8.14. The van der Waals surface area contributed by atoms with E-state index in [0.717, 1.165) is 62.2 Å². The molecule has 2 aliphatic heterocycles. The average Bonchev–Trinajstić information content (AvgIpc) is 3.51. The minimum Gasteiger partial charge on any atom is -0.364 e. The zero-order chi connectivity index (χ0) is 21.4. The quantitative estimate of drug-likeness (QED) is 0.750. The Morgan fingerprint density at radius 1 is 1.23 bits per heavy atom. The van der Waals surface area contributed by atoms with E-state index in [-0.39, 0.29) is 11.3 Å². The van der Waals surface area contributed by atoms with Gasteiger partial charge in [-0.1, -0.05) is 12.1 Å². The van der Waals surface area contributed by atoms with Crippen LogP contribution in [0, 0.1) is 5.41 Å². The monoisotopic (exact) mass is 424 g/mol. The molecule has 3 heterocycles. The van der Waals surface area contributed by atoms with E-state index in [2.05, 4.69) is 32.9 Å². The first-order valence-corrected chi connectivity index (χ1v) is 10.9. The number of tetrazole rings is 1. The van der Waals surface area contributed by atoms with E-state index >= 15 is 0 Å². The highest BCUT2D eigenvalue weighted by molar-refractivity contribution is 5.86. The highest BCUT2D eigenvalue weighted by atomic mass is 16.6. The van der Waals surface area contributed by atoms with Gasteiger partial charge in [-0.2, -0.15) is 0 Å². The Bertz CT molecular complexity index is 964.